The summed E-state index contributed by atoms with van der Waals surface area (Å²) in [6.07, 6.45) is 0.121. The lowest BCUT2D eigenvalue weighted by Gasteiger charge is -2.16. The van der Waals surface area contributed by atoms with Gasteiger partial charge in [-0.3, -0.25) is 24.5 Å². The highest BCUT2D eigenvalue weighted by molar-refractivity contribution is 5.99. The second-order valence-corrected chi connectivity index (χ2v) is 7.13. The van der Waals surface area contributed by atoms with E-state index in [1.54, 1.807) is 43.0 Å². The van der Waals surface area contributed by atoms with Crippen molar-refractivity contribution < 1.29 is 28.7 Å². The Labute approximate surface area is 174 Å². The summed E-state index contributed by atoms with van der Waals surface area (Å²) in [7, 11) is 0. The van der Waals surface area contributed by atoms with E-state index in [1.165, 1.54) is 6.92 Å². The molecule has 1 aliphatic heterocycles. The summed E-state index contributed by atoms with van der Waals surface area (Å²) in [5, 5.41) is 6.93. The average molecular weight is 418 g/mol. The average Bonchev–Trinajstić information content (AvgIpc) is 3.11. The van der Waals surface area contributed by atoms with Crippen LogP contribution >= 0.6 is 0 Å². The minimum atomic E-state index is -1.20. The van der Waals surface area contributed by atoms with Crippen LogP contribution in [0.3, 0.4) is 0 Å². The van der Waals surface area contributed by atoms with Gasteiger partial charge in [-0.1, -0.05) is 0 Å². The van der Waals surface area contributed by atoms with Gasteiger partial charge in [-0.15, -0.1) is 0 Å². The second kappa shape index (κ2) is 10.4. The summed E-state index contributed by atoms with van der Waals surface area (Å²) < 4.78 is 4.91. The molecule has 0 aromatic heterocycles. The number of esters is 1. The number of anilines is 1. The number of urea groups is 1. The van der Waals surface area contributed by atoms with E-state index < -0.39 is 36.5 Å². The fourth-order valence-electron chi connectivity index (χ4n) is 2.77. The van der Waals surface area contributed by atoms with Gasteiger partial charge in [0.1, 0.15) is 6.54 Å². The molecule has 3 N–H and O–H groups in total. The first-order valence-electron chi connectivity index (χ1n) is 9.67. The SMILES string of the molecule is CC(C)NC(=O)NC(=O)C(C)OC(=O)CNC(=O)c1ccc(N2CCCC2=O)cc1. The molecule has 0 bridgehead atoms. The number of amides is 5. The van der Waals surface area contributed by atoms with Gasteiger partial charge in [0, 0.05) is 30.3 Å². The summed E-state index contributed by atoms with van der Waals surface area (Å²) in [5.74, 6) is -2.05. The van der Waals surface area contributed by atoms with E-state index in [2.05, 4.69) is 16.0 Å². The molecular formula is C20H26N4O6. The van der Waals surface area contributed by atoms with Crippen LogP contribution in [0.2, 0.25) is 0 Å². The van der Waals surface area contributed by atoms with Crippen molar-refractivity contribution in [2.75, 3.05) is 18.0 Å². The number of rotatable bonds is 7. The van der Waals surface area contributed by atoms with Gasteiger partial charge < -0.3 is 20.3 Å². The highest BCUT2D eigenvalue weighted by atomic mass is 16.5. The maximum absolute atomic E-state index is 12.2. The molecule has 0 aliphatic carbocycles. The first kappa shape index (κ1) is 22.9. The van der Waals surface area contributed by atoms with Crippen LogP contribution in [0.15, 0.2) is 24.3 Å². The fourth-order valence-corrected chi connectivity index (χ4v) is 2.77. The summed E-state index contributed by atoms with van der Waals surface area (Å²) >= 11 is 0. The first-order valence-corrected chi connectivity index (χ1v) is 9.67. The second-order valence-electron chi connectivity index (χ2n) is 7.13. The number of imide groups is 1. The number of nitrogens with one attached hydrogen (secondary N) is 3. The van der Waals surface area contributed by atoms with Crippen molar-refractivity contribution in [3.63, 3.8) is 0 Å². The maximum atomic E-state index is 12.2. The van der Waals surface area contributed by atoms with Crippen molar-refractivity contribution in [1.82, 2.24) is 16.0 Å². The van der Waals surface area contributed by atoms with Gasteiger partial charge in [0.2, 0.25) is 5.91 Å². The Morgan fingerprint density at radius 3 is 2.33 bits per heavy atom. The van der Waals surface area contributed by atoms with Crippen LogP contribution in [0.1, 0.15) is 44.0 Å². The topological polar surface area (TPSA) is 134 Å². The maximum Gasteiger partial charge on any atom is 0.326 e. The van der Waals surface area contributed by atoms with E-state index in [0.29, 0.717) is 18.5 Å². The molecule has 1 aromatic carbocycles. The van der Waals surface area contributed by atoms with Crippen LogP contribution in [-0.4, -0.2) is 55.0 Å². The predicted molar refractivity (Wildman–Crippen MR) is 108 cm³/mol. The number of hydrogen-bond acceptors (Lipinski definition) is 6. The van der Waals surface area contributed by atoms with Crippen LogP contribution < -0.4 is 20.9 Å². The zero-order valence-electron chi connectivity index (χ0n) is 17.2. The standard InChI is InChI=1S/C20H26N4O6/c1-12(2)22-20(29)23-18(27)13(3)30-17(26)11-21-19(28)14-6-8-15(9-7-14)24-10-4-5-16(24)25/h6-9,12-13H,4-5,10-11H2,1-3H3,(H,21,28)(H2,22,23,27,29). The van der Waals surface area contributed by atoms with Crippen molar-refractivity contribution >= 4 is 35.4 Å². The number of carbonyl (C=O) groups is 5. The Morgan fingerprint density at radius 1 is 1.10 bits per heavy atom. The minimum Gasteiger partial charge on any atom is -0.451 e. The zero-order chi connectivity index (χ0) is 22.3. The van der Waals surface area contributed by atoms with Crippen molar-refractivity contribution in [2.24, 2.45) is 0 Å². The molecular weight excluding hydrogens is 392 g/mol. The van der Waals surface area contributed by atoms with Crippen LogP contribution in [0, 0.1) is 0 Å². The van der Waals surface area contributed by atoms with E-state index >= 15 is 0 Å². The number of ether oxygens (including phenoxy) is 1. The van der Waals surface area contributed by atoms with Crippen molar-refractivity contribution in [3.05, 3.63) is 29.8 Å². The van der Waals surface area contributed by atoms with E-state index in [1.807, 2.05) is 0 Å². The third-order valence-corrected chi connectivity index (χ3v) is 4.24. The monoisotopic (exact) mass is 418 g/mol. The fraction of sp³-hybridized carbons (Fsp3) is 0.450. The lowest BCUT2D eigenvalue weighted by atomic mass is 10.2. The molecule has 30 heavy (non-hydrogen) atoms. The molecule has 0 spiro atoms. The Balaban J connectivity index is 1.78. The third-order valence-electron chi connectivity index (χ3n) is 4.24. The molecule has 10 nitrogen and oxygen atoms in total. The van der Waals surface area contributed by atoms with Gasteiger partial charge in [0.25, 0.3) is 11.8 Å². The summed E-state index contributed by atoms with van der Waals surface area (Å²) in [6.45, 7) is 4.99. The third kappa shape index (κ3) is 6.57. The minimum absolute atomic E-state index is 0.0507. The summed E-state index contributed by atoms with van der Waals surface area (Å²) in [5.41, 5.74) is 1.03. The van der Waals surface area contributed by atoms with E-state index in [9.17, 15) is 24.0 Å². The molecule has 2 rings (SSSR count). The van der Waals surface area contributed by atoms with E-state index in [-0.39, 0.29) is 11.9 Å². The van der Waals surface area contributed by atoms with Gasteiger partial charge in [-0.25, -0.2) is 4.79 Å². The highest BCUT2D eigenvalue weighted by Crippen LogP contribution is 2.21. The Hall–Kier alpha value is -3.43. The predicted octanol–water partition coefficient (Wildman–Crippen LogP) is 0.709. The first-order chi connectivity index (χ1) is 14.2. The molecule has 5 amide bonds. The zero-order valence-corrected chi connectivity index (χ0v) is 17.2. The molecule has 10 heteroatoms. The smallest absolute Gasteiger partial charge is 0.326 e. The van der Waals surface area contributed by atoms with Crippen molar-refractivity contribution in [2.45, 2.75) is 45.8 Å². The summed E-state index contributed by atoms with van der Waals surface area (Å²) in [6, 6.07) is 5.62. The molecule has 1 unspecified atom stereocenters. The van der Waals surface area contributed by atoms with E-state index in [0.717, 1.165) is 12.1 Å². The van der Waals surface area contributed by atoms with Crippen molar-refractivity contribution in [3.8, 4) is 0 Å². The van der Waals surface area contributed by atoms with Gasteiger partial charge in [0.05, 0.1) is 0 Å². The van der Waals surface area contributed by atoms with Gasteiger partial charge in [0.15, 0.2) is 6.10 Å². The van der Waals surface area contributed by atoms with Crippen LogP contribution in [0.4, 0.5) is 10.5 Å². The number of hydrogen-bond donors (Lipinski definition) is 3. The summed E-state index contributed by atoms with van der Waals surface area (Å²) in [4.78, 5) is 60.8. The van der Waals surface area contributed by atoms with E-state index in [4.69, 9.17) is 4.74 Å². The molecule has 162 valence electrons. The molecule has 0 radical (unpaired) electrons. The van der Waals surface area contributed by atoms with Crippen molar-refractivity contribution in [1.29, 1.82) is 0 Å². The Kier molecular flexibility index (Phi) is 7.90. The number of benzene rings is 1. The Bertz CT molecular complexity index is 821. The number of carbonyl (C=O) groups excluding carboxylic acids is 5. The largest absolute Gasteiger partial charge is 0.451 e. The normalized spacial score (nSPS) is 14.3. The molecule has 1 aromatic rings. The molecule has 1 fully saturated rings. The van der Waals surface area contributed by atoms with Crippen LogP contribution in [0.5, 0.6) is 0 Å². The van der Waals surface area contributed by atoms with Gasteiger partial charge >= 0.3 is 12.0 Å². The van der Waals surface area contributed by atoms with Gasteiger partial charge in [-0.05, 0) is 51.5 Å². The number of nitrogens with zero attached hydrogens (tertiary/aromatic N) is 1. The molecule has 1 atom stereocenters. The molecule has 1 heterocycles. The quantitative estimate of drug-likeness (QED) is 0.559. The lowest BCUT2D eigenvalue weighted by Crippen LogP contribution is -2.47. The molecule has 1 aliphatic rings. The Morgan fingerprint density at radius 2 is 1.77 bits per heavy atom. The van der Waals surface area contributed by atoms with Crippen LogP contribution in [-0.2, 0) is 19.1 Å². The van der Waals surface area contributed by atoms with Gasteiger partial charge in [-0.2, -0.15) is 0 Å². The lowest BCUT2D eigenvalue weighted by molar-refractivity contribution is -0.153. The highest BCUT2D eigenvalue weighted by Gasteiger charge is 2.22. The van der Waals surface area contributed by atoms with Crippen LogP contribution in [0.25, 0.3) is 0 Å². The molecule has 0 saturated carbocycles. The molecule has 1 saturated heterocycles.